The molecule has 1 saturated carbocycles. The molecule has 2 heterocycles. The molecule has 162 valence electrons. The van der Waals surface area contributed by atoms with E-state index in [0.717, 1.165) is 31.2 Å². The summed E-state index contributed by atoms with van der Waals surface area (Å²) < 4.78 is 7.63. The van der Waals surface area contributed by atoms with Crippen molar-refractivity contribution in [1.29, 1.82) is 0 Å². The number of hydrogen-bond acceptors (Lipinski definition) is 6. The quantitative estimate of drug-likeness (QED) is 0.536. The molecular weight excluding hydrogens is 414 g/mol. The van der Waals surface area contributed by atoms with E-state index < -0.39 is 6.03 Å². The second kappa shape index (κ2) is 10.3. The molecule has 0 saturated heterocycles. The van der Waals surface area contributed by atoms with E-state index in [1.54, 1.807) is 6.26 Å². The van der Waals surface area contributed by atoms with Gasteiger partial charge < -0.3 is 9.73 Å². The second-order valence-electron chi connectivity index (χ2n) is 7.45. The first-order chi connectivity index (χ1) is 15.2. The third-order valence-electron chi connectivity index (χ3n) is 5.23. The molecule has 31 heavy (non-hydrogen) atoms. The number of hydrogen-bond donors (Lipinski definition) is 2. The van der Waals surface area contributed by atoms with Gasteiger partial charge in [-0.15, -0.1) is 10.2 Å². The third kappa shape index (κ3) is 5.55. The van der Waals surface area contributed by atoms with Gasteiger partial charge in [0, 0.05) is 12.6 Å². The predicted octanol–water partition coefficient (Wildman–Crippen LogP) is 4.16. The summed E-state index contributed by atoms with van der Waals surface area (Å²) in [6, 6.07) is 13.0. The van der Waals surface area contributed by atoms with Crippen LogP contribution in [-0.4, -0.2) is 32.5 Å². The second-order valence-corrected chi connectivity index (χ2v) is 8.39. The van der Waals surface area contributed by atoms with Crippen LogP contribution >= 0.6 is 11.8 Å². The Hall–Kier alpha value is -3.07. The first-order valence-corrected chi connectivity index (χ1v) is 11.4. The van der Waals surface area contributed by atoms with Crippen LogP contribution in [0.4, 0.5) is 4.79 Å². The number of nitrogens with zero attached hydrogens (tertiary/aromatic N) is 3. The highest BCUT2D eigenvalue weighted by Crippen LogP contribution is 2.35. The van der Waals surface area contributed by atoms with Crippen LogP contribution in [0, 0.1) is 0 Å². The Balaban J connectivity index is 1.36. The van der Waals surface area contributed by atoms with Crippen LogP contribution in [-0.2, 0) is 11.3 Å². The van der Waals surface area contributed by atoms with Gasteiger partial charge in [-0.25, -0.2) is 4.79 Å². The number of amides is 3. The average molecular weight is 440 g/mol. The summed E-state index contributed by atoms with van der Waals surface area (Å²) in [6.45, 7) is 0.357. The Morgan fingerprint density at radius 3 is 2.61 bits per heavy atom. The summed E-state index contributed by atoms with van der Waals surface area (Å²) in [6.07, 6.45) is 7.27. The number of nitrogens with one attached hydrogen (secondary N) is 2. The van der Waals surface area contributed by atoms with Crippen LogP contribution in [0.25, 0.3) is 11.6 Å². The van der Waals surface area contributed by atoms with E-state index in [-0.39, 0.29) is 17.7 Å². The molecule has 0 atom stereocenters. The number of thioether (sulfide) groups is 1. The summed E-state index contributed by atoms with van der Waals surface area (Å²) in [5, 5.41) is 14.4. The molecular formula is C22H25N5O3S. The molecule has 0 bridgehead atoms. The molecule has 0 unspecified atom stereocenters. The third-order valence-corrected chi connectivity index (χ3v) is 6.17. The Morgan fingerprint density at radius 2 is 1.87 bits per heavy atom. The predicted molar refractivity (Wildman–Crippen MR) is 117 cm³/mol. The lowest BCUT2D eigenvalue weighted by molar-refractivity contribution is -0.117. The number of carbonyl (C=O) groups is 2. The van der Waals surface area contributed by atoms with Crippen LogP contribution < -0.4 is 10.6 Å². The standard InChI is InChI=1S/C22H25N5O3S/c28-19(24-21(29)23-14-16-8-3-1-4-9-16)15-31-22-26-25-20(18-12-7-13-30-18)27(22)17-10-5-2-6-11-17/h1,3-4,7-9,12-13,17H,2,5-6,10-11,14-15H2,(H2,23,24,28,29). The van der Waals surface area contributed by atoms with Crippen LogP contribution in [0.1, 0.15) is 43.7 Å². The van der Waals surface area contributed by atoms with E-state index >= 15 is 0 Å². The van der Waals surface area contributed by atoms with Crippen LogP contribution in [0.3, 0.4) is 0 Å². The van der Waals surface area contributed by atoms with Crippen molar-refractivity contribution < 1.29 is 14.0 Å². The zero-order valence-corrected chi connectivity index (χ0v) is 17.9. The smallest absolute Gasteiger partial charge is 0.321 e. The number of imide groups is 1. The van der Waals surface area contributed by atoms with Gasteiger partial charge in [0.1, 0.15) is 0 Å². The van der Waals surface area contributed by atoms with Crippen LogP contribution in [0.15, 0.2) is 58.3 Å². The summed E-state index contributed by atoms with van der Waals surface area (Å²) in [7, 11) is 0. The lowest BCUT2D eigenvalue weighted by Gasteiger charge is -2.25. The average Bonchev–Trinajstić information content (AvgIpc) is 3.47. The van der Waals surface area contributed by atoms with E-state index in [2.05, 4.69) is 25.4 Å². The van der Waals surface area contributed by atoms with E-state index in [9.17, 15) is 9.59 Å². The van der Waals surface area contributed by atoms with Gasteiger partial charge in [-0.2, -0.15) is 0 Å². The summed E-state index contributed by atoms with van der Waals surface area (Å²) in [5.74, 6) is 1.03. The fourth-order valence-electron chi connectivity index (χ4n) is 3.73. The maximum absolute atomic E-state index is 12.3. The number of carbonyl (C=O) groups excluding carboxylic acids is 2. The van der Waals surface area contributed by atoms with E-state index in [0.29, 0.717) is 23.3 Å². The highest BCUT2D eigenvalue weighted by molar-refractivity contribution is 7.99. The van der Waals surface area contributed by atoms with Gasteiger partial charge in [-0.3, -0.25) is 14.7 Å². The molecule has 8 nitrogen and oxygen atoms in total. The molecule has 2 aromatic heterocycles. The zero-order valence-electron chi connectivity index (χ0n) is 17.1. The maximum atomic E-state index is 12.3. The molecule has 4 rings (SSSR count). The molecule has 0 aliphatic heterocycles. The van der Waals surface area contributed by atoms with Crippen LogP contribution in [0.2, 0.25) is 0 Å². The molecule has 1 aliphatic carbocycles. The molecule has 0 spiro atoms. The number of urea groups is 1. The lowest BCUT2D eigenvalue weighted by Crippen LogP contribution is -2.40. The van der Waals surface area contributed by atoms with Gasteiger partial charge in [-0.1, -0.05) is 61.4 Å². The fraction of sp³-hybridized carbons (Fsp3) is 0.364. The fourth-order valence-corrected chi connectivity index (χ4v) is 4.54. The highest BCUT2D eigenvalue weighted by Gasteiger charge is 2.25. The minimum atomic E-state index is -0.514. The zero-order chi connectivity index (χ0) is 21.5. The van der Waals surface area contributed by atoms with Crippen molar-refractivity contribution in [2.75, 3.05) is 5.75 Å². The van der Waals surface area contributed by atoms with Crippen molar-refractivity contribution >= 4 is 23.7 Å². The van der Waals surface area contributed by atoms with Gasteiger partial charge in [0.25, 0.3) is 0 Å². The monoisotopic (exact) mass is 439 g/mol. The van der Waals surface area contributed by atoms with Crippen LogP contribution in [0.5, 0.6) is 0 Å². The Morgan fingerprint density at radius 1 is 1.06 bits per heavy atom. The van der Waals surface area contributed by atoms with Crippen molar-refractivity contribution in [2.45, 2.75) is 49.8 Å². The number of furan rings is 1. The van der Waals surface area contributed by atoms with Crippen molar-refractivity contribution in [3.63, 3.8) is 0 Å². The van der Waals surface area contributed by atoms with Gasteiger partial charge in [0.2, 0.25) is 11.7 Å². The van der Waals surface area contributed by atoms with Crippen molar-refractivity contribution in [3.8, 4) is 11.6 Å². The largest absolute Gasteiger partial charge is 0.461 e. The van der Waals surface area contributed by atoms with Crippen molar-refractivity contribution in [1.82, 2.24) is 25.4 Å². The minimum Gasteiger partial charge on any atom is -0.461 e. The molecule has 3 aromatic rings. The van der Waals surface area contributed by atoms with E-state index in [1.807, 2.05) is 42.5 Å². The number of aromatic nitrogens is 3. The lowest BCUT2D eigenvalue weighted by atomic mass is 9.95. The van der Waals surface area contributed by atoms with Gasteiger partial charge in [-0.05, 0) is 30.5 Å². The highest BCUT2D eigenvalue weighted by atomic mass is 32.2. The van der Waals surface area contributed by atoms with E-state index in [4.69, 9.17) is 4.42 Å². The topological polar surface area (TPSA) is 102 Å². The molecule has 9 heteroatoms. The molecule has 1 aliphatic rings. The first-order valence-electron chi connectivity index (χ1n) is 10.4. The normalized spacial score (nSPS) is 14.3. The minimum absolute atomic E-state index is 0.0712. The SMILES string of the molecule is O=C(CSc1nnc(-c2ccco2)n1C1CCCCC1)NC(=O)NCc1ccccc1. The molecule has 2 N–H and O–H groups in total. The number of benzene rings is 1. The molecule has 0 radical (unpaired) electrons. The summed E-state index contributed by atoms with van der Waals surface area (Å²) >= 11 is 1.28. The maximum Gasteiger partial charge on any atom is 0.321 e. The molecule has 1 aromatic carbocycles. The molecule has 1 fully saturated rings. The van der Waals surface area contributed by atoms with Crippen molar-refractivity contribution in [3.05, 3.63) is 54.3 Å². The Bertz CT molecular complexity index is 998. The summed E-state index contributed by atoms with van der Waals surface area (Å²) in [4.78, 5) is 24.3. The van der Waals surface area contributed by atoms with Gasteiger partial charge in [0.05, 0.1) is 12.0 Å². The van der Waals surface area contributed by atoms with Gasteiger partial charge in [0.15, 0.2) is 10.9 Å². The van der Waals surface area contributed by atoms with Gasteiger partial charge >= 0.3 is 6.03 Å². The summed E-state index contributed by atoms with van der Waals surface area (Å²) in [5.41, 5.74) is 0.963. The number of rotatable bonds is 7. The first kappa shape index (κ1) is 21.2. The molecule has 3 amide bonds. The Labute approximate surface area is 184 Å². The van der Waals surface area contributed by atoms with E-state index in [1.165, 1.54) is 18.2 Å². The Kier molecular flexibility index (Phi) is 7.03. The van der Waals surface area contributed by atoms with Crippen molar-refractivity contribution in [2.24, 2.45) is 0 Å².